The van der Waals surface area contributed by atoms with Gasteiger partial charge in [-0.2, -0.15) is 0 Å². The van der Waals surface area contributed by atoms with Gasteiger partial charge in [0.15, 0.2) is 0 Å². The number of sulfonamides is 1. The van der Waals surface area contributed by atoms with Gasteiger partial charge < -0.3 is 10.1 Å². The van der Waals surface area contributed by atoms with Crippen LogP contribution in [0.4, 0.5) is 17.1 Å². The predicted molar refractivity (Wildman–Crippen MR) is 125 cm³/mol. The van der Waals surface area contributed by atoms with Crippen LogP contribution in [0.1, 0.15) is 12.5 Å². The molecule has 10 heteroatoms. The summed E-state index contributed by atoms with van der Waals surface area (Å²) in [4.78, 5) is 23.6. The maximum atomic E-state index is 13.5. The summed E-state index contributed by atoms with van der Waals surface area (Å²) in [7, 11) is -4.13. The molecule has 0 aliphatic carbocycles. The average Bonchev–Trinajstić information content (AvgIpc) is 2.80. The van der Waals surface area contributed by atoms with Crippen LogP contribution < -0.4 is 14.4 Å². The van der Waals surface area contributed by atoms with Crippen LogP contribution in [0, 0.1) is 17.0 Å². The van der Waals surface area contributed by atoms with Gasteiger partial charge in [0.05, 0.1) is 33.4 Å². The van der Waals surface area contributed by atoms with E-state index in [0.29, 0.717) is 12.4 Å². The van der Waals surface area contributed by atoms with E-state index in [1.807, 2.05) is 0 Å². The summed E-state index contributed by atoms with van der Waals surface area (Å²) in [5.41, 5.74) is 0.546. The molecule has 172 valence electrons. The number of nitro benzene ring substituents is 1. The lowest BCUT2D eigenvalue weighted by molar-refractivity contribution is -0.385. The van der Waals surface area contributed by atoms with Crippen molar-refractivity contribution in [1.82, 2.24) is 0 Å². The van der Waals surface area contributed by atoms with Gasteiger partial charge in [0.1, 0.15) is 12.3 Å². The van der Waals surface area contributed by atoms with Crippen molar-refractivity contribution in [3.63, 3.8) is 0 Å². The molecule has 0 aromatic heterocycles. The number of nitro groups is 1. The van der Waals surface area contributed by atoms with Crippen LogP contribution >= 0.6 is 0 Å². The first-order valence-corrected chi connectivity index (χ1v) is 11.5. The van der Waals surface area contributed by atoms with Crippen molar-refractivity contribution in [2.45, 2.75) is 18.7 Å². The van der Waals surface area contributed by atoms with Crippen molar-refractivity contribution in [2.24, 2.45) is 0 Å². The van der Waals surface area contributed by atoms with Crippen LogP contribution in [0.3, 0.4) is 0 Å². The molecule has 0 unspecified atom stereocenters. The molecule has 0 heterocycles. The standard InChI is InChI=1S/C23H23N3O6S/c1-3-32-22-15-8-7-13-21(22)25(33(30,31)18-10-5-4-6-11-18)16-23(27)24-19-12-9-14-20(17(19)2)26(28)29/h4-15H,3,16H2,1-2H3,(H,24,27). The molecule has 0 radical (unpaired) electrons. The maximum absolute atomic E-state index is 13.5. The predicted octanol–water partition coefficient (Wildman–Crippen LogP) is 4.14. The number of anilines is 2. The Labute approximate surface area is 191 Å². The molecule has 1 amide bonds. The van der Waals surface area contributed by atoms with Gasteiger partial charge in [-0.15, -0.1) is 0 Å². The zero-order valence-electron chi connectivity index (χ0n) is 18.1. The third kappa shape index (κ3) is 5.29. The van der Waals surface area contributed by atoms with E-state index >= 15 is 0 Å². The highest BCUT2D eigenvalue weighted by atomic mass is 32.2. The summed E-state index contributed by atoms with van der Waals surface area (Å²) in [6.07, 6.45) is 0. The number of ether oxygens (including phenoxy) is 1. The first kappa shape index (κ1) is 23.7. The first-order valence-electron chi connectivity index (χ1n) is 10.1. The van der Waals surface area contributed by atoms with Crippen LogP contribution in [-0.2, 0) is 14.8 Å². The third-order valence-electron chi connectivity index (χ3n) is 4.83. The molecular formula is C23H23N3O6S. The fraction of sp³-hybridized carbons (Fsp3) is 0.174. The van der Waals surface area contributed by atoms with E-state index in [4.69, 9.17) is 4.74 Å². The molecule has 1 N–H and O–H groups in total. The van der Waals surface area contributed by atoms with E-state index < -0.39 is 27.4 Å². The van der Waals surface area contributed by atoms with Crippen LogP contribution in [-0.4, -0.2) is 32.4 Å². The summed E-state index contributed by atoms with van der Waals surface area (Å²) in [5.74, 6) is -0.358. The lowest BCUT2D eigenvalue weighted by Crippen LogP contribution is -2.38. The lowest BCUT2D eigenvalue weighted by Gasteiger charge is -2.26. The number of rotatable bonds is 9. The molecule has 3 aromatic carbocycles. The van der Waals surface area contributed by atoms with Crippen molar-refractivity contribution in [3.8, 4) is 5.75 Å². The molecule has 0 saturated heterocycles. The van der Waals surface area contributed by atoms with Crippen LogP contribution in [0.15, 0.2) is 77.7 Å². The van der Waals surface area contributed by atoms with E-state index in [2.05, 4.69) is 5.32 Å². The van der Waals surface area contributed by atoms with Gasteiger partial charge in [0.25, 0.3) is 15.7 Å². The van der Waals surface area contributed by atoms with E-state index in [1.54, 1.807) is 49.4 Å². The SMILES string of the molecule is CCOc1ccccc1N(CC(=O)Nc1cccc([N+](=O)[O-])c1C)S(=O)(=O)c1ccccc1. The molecular weight excluding hydrogens is 446 g/mol. The first-order chi connectivity index (χ1) is 15.8. The van der Waals surface area contributed by atoms with E-state index in [1.165, 1.54) is 37.3 Å². The molecule has 0 spiro atoms. The molecule has 0 fully saturated rings. The van der Waals surface area contributed by atoms with Crippen molar-refractivity contribution in [1.29, 1.82) is 0 Å². The summed E-state index contributed by atoms with van der Waals surface area (Å²) < 4.78 is 33.5. The fourth-order valence-electron chi connectivity index (χ4n) is 3.24. The molecule has 9 nitrogen and oxygen atoms in total. The van der Waals surface area contributed by atoms with Gasteiger partial charge in [-0.05, 0) is 44.2 Å². The van der Waals surface area contributed by atoms with Gasteiger partial charge in [-0.3, -0.25) is 19.2 Å². The Balaban J connectivity index is 2.00. The van der Waals surface area contributed by atoms with Crippen LogP contribution in [0.5, 0.6) is 5.75 Å². The second-order valence-corrected chi connectivity index (χ2v) is 8.84. The molecule has 3 aromatic rings. The number of nitrogens with zero attached hydrogens (tertiary/aromatic N) is 2. The molecule has 0 saturated carbocycles. The monoisotopic (exact) mass is 469 g/mol. The number of hydrogen-bond donors (Lipinski definition) is 1. The van der Waals surface area contributed by atoms with Gasteiger partial charge in [-0.1, -0.05) is 36.4 Å². The normalized spacial score (nSPS) is 11.0. The molecule has 0 bridgehead atoms. The van der Waals surface area contributed by atoms with Crippen molar-refractivity contribution in [2.75, 3.05) is 22.8 Å². The van der Waals surface area contributed by atoms with E-state index in [-0.39, 0.29) is 27.5 Å². The molecule has 3 rings (SSSR count). The minimum atomic E-state index is -4.13. The smallest absolute Gasteiger partial charge is 0.274 e. The molecule has 0 aliphatic heterocycles. The van der Waals surface area contributed by atoms with Crippen molar-refractivity contribution >= 4 is 33.0 Å². The minimum absolute atomic E-state index is 0.00984. The highest BCUT2D eigenvalue weighted by molar-refractivity contribution is 7.92. The topological polar surface area (TPSA) is 119 Å². The van der Waals surface area contributed by atoms with Crippen LogP contribution in [0.25, 0.3) is 0 Å². The van der Waals surface area contributed by atoms with Crippen LogP contribution in [0.2, 0.25) is 0 Å². The van der Waals surface area contributed by atoms with E-state index in [0.717, 1.165) is 4.31 Å². The lowest BCUT2D eigenvalue weighted by atomic mass is 10.1. The van der Waals surface area contributed by atoms with Gasteiger partial charge >= 0.3 is 0 Å². The van der Waals surface area contributed by atoms with Crippen molar-refractivity contribution in [3.05, 3.63) is 88.5 Å². The average molecular weight is 470 g/mol. The number of carbonyl (C=O) groups is 1. The highest BCUT2D eigenvalue weighted by Crippen LogP contribution is 2.33. The molecule has 0 atom stereocenters. The molecule has 0 aliphatic rings. The Bertz CT molecular complexity index is 1260. The highest BCUT2D eigenvalue weighted by Gasteiger charge is 2.29. The summed E-state index contributed by atoms with van der Waals surface area (Å²) in [5, 5.41) is 13.8. The Kier molecular flexibility index (Phi) is 7.29. The number of carbonyl (C=O) groups excluding carboxylic acids is 1. The third-order valence-corrected chi connectivity index (χ3v) is 6.60. The van der Waals surface area contributed by atoms with Gasteiger partial charge in [-0.25, -0.2) is 8.42 Å². The quantitative estimate of drug-likeness (QED) is 0.372. The van der Waals surface area contributed by atoms with Crippen molar-refractivity contribution < 1.29 is 22.9 Å². The Morgan fingerprint density at radius 2 is 1.70 bits per heavy atom. The largest absolute Gasteiger partial charge is 0.492 e. The second-order valence-electron chi connectivity index (χ2n) is 6.98. The minimum Gasteiger partial charge on any atom is -0.492 e. The van der Waals surface area contributed by atoms with Gasteiger partial charge in [0.2, 0.25) is 5.91 Å². The summed E-state index contributed by atoms with van der Waals surface area (Å²) >= 11 is 0. The fourth-order valence-corrected chi connectivity index (χ4v) is 4.69. The Hall–Kier alpha value is -3.92. The van der Waals surface area contributed by atoms with E-state index in [9.17, 15) is 23.3 Å². The number of hydrogen-bond acceptors (Lipinski definition) is 6. The Morgan fingerprint density at radius 1 is 1.03 bits per heavy atom. The number of amides is 1. The zero-order chi connectivity index (χ0) is 24.0. The second kappa shape index (κ2) is 10.1. The zero-order valence-corrected chi connectivity index (χ0v) is 18.9. The number of benzene rings is 3. The van der Waals surface area contributed by atoms with Gasteiger partial charge in [0, 0.05) is 6.07 Å². The number of nitrogens with one attached hydrogen (secondary N) is 1. The number of para-hydroxylation sites is 2. The molecule has 33 heavy (non-hydrogen) atoms. The summed E-state index contributed by atoms with van der Waals surface area (Å²) in [6, 6.07) is 18.6. The maximum Gasteiger partial charge on any atom is 0.274 e. The Morgan fingerprint density at radius 3 is 2.36 bits per heavy atom. The summed E-state index contributed by atoms with van der Waals surface area (Å²) in [6.45, 7) is 3.01.